The fourth-order valence-corrected chi connectivity index (χ4v) is 3.45. The fourth-order valence-electron chi connectivity index (χ4n) is 3.09. The number of amides is 1. The van der Waals surface area contributed by atoms with Gasteiger partial charge < -0.3 is 15.0 Å². The van der Waals surface area contributed by atoms with Crippen LogP contribution in [0.2, 0.25) is 0 Å². The lowest BCUT2D eigenvalue weighted by Crippen LogP contribution is -2.36. The van der Waals surface area contributed by atoms with E-state index in [9.17, 15) is 25.0 Å². The number of benzene rings is 2. The summed E-state index contributed by atoms with van der Waals surface area (Å²) in [6.45, 7) is 3.79. The van der Waals surface area contributed by atoms with Gasteiger partial charge in [0.15, 0.2) is 0 Å². The van der Waals surface area contributed by atoms with Crippen molar-refractivity contribution in [3.05, 3.63) is 66.2 Å². The van der Waals surface area contributed by atoms with Crippen LogP contribution in [0, 0.1) is 27.2 Å². The Morgan fingerprint density at radius 1 is 1.14 bits per heavy atom. The van der Waals surface area contributed by atoms with Gasteiger partial charge in [-0.1, -0.05) is 15.9 Å². The molecule has 0 atom stereocenters. The van der Waals surface area contributed by atoms with Crippen molar-refractivity contribution >= 4 is 44.6 Å². The average Bonchev–Trinajstić information content (AvgIpc) is 2.68. The molecule has 152 valence electrons. The molecule has 0 saturated carbocycles. The van der Waals surface area contributed by atoms with Crippen LogP contribution in [0.5, 0.6) is 0 Å². The van der Waals surface area contributed by atoms with Crippen molar-refractivity contribution in [3.63, 3.8) is 0 Å². The molecule has 2 aromatic rings. The number of halogens is 1. The zero-order valence-electron chi connectivity index (χ0n) is 15.4. The molecule has 1 amide bonds. The van der Waals surface area contributed by atoms with E-state index in [1.807, 2.05) is 17.0 Å². The summed E-state index contributed by atoms with van der Waals surface area (Å²) < 4.78 is 6.08. The minimum Gasteiger partial charge on any atom is -0.378 e. The molecule has 0 aromatic heterocycles. The van der Waals surface area contributed by atoms with Crippen LogP contribution in [-0.2, 0) is 4.74 Å². The molecular weight excluding hydrogens is 448 g/mol. The highest BCUT2D eigenvalue weighted by molar-refractivity contribution is 9.10. The first-order valence-corrected chi connectivity index (χ1v) is 9.44. The number of hydrogen-bond donors (Lipinski definition) is 1. The predicted octanol–water partition coefficient (Wildman–Crippen LogP) is 3.66. The minimum absolute atomic E-state index is 0.0565. The smallest absolute Gasteiger partial charge is 0.279 e. The summed E-state index contributed by atoms with van der Waals surface area (Å²) in [6.07, 6.45) is 0. The van der Waals surface area contributed by atoms with Crippen molar-refractivity contribution in [2.45, 2.75) is 6.92 Å². The molecule has 1 heterocycles. The molecule has 10 nitrogen and oxygen atoms in total. The van der Waals surface area contributed by atoms with Crippen molar-refractivity contribution < 1.29 is 19.4 Å². The van der Waals surface area contributed by atoms with E-state index >= 15 is 0 Å². The lowest BCUT2D eigenvalue weighted by atomic mass is 10.0. The van der Waals surface area contributed by atoms with E-state index in [1.54, 1.807) is 6.07 Å². The van der Waals surface area contributed by atoms with Crippen LogP contribution in [0.15, 0.2) is 34.8 Å². The third-order valence-corrected chi connectivity index (χ3v) is 5.07. The normalized spacial score (nSPS) is 13.8. The Morgan fingerprint density at radius 2 is 1.83 bits per heavy atom. The number of nitro groups is 2. The second-order valence-corrected chi connectivity index (χ2v) is 7.28. The molecule has 3 rings (SSSR count). The van der Waals surface area contributed by atoms with Gasteiger partial charge in [0.1, 0.15) is 0 Å². The third kappa shape index (κ3) is 4.51. The number of rotatable bonds is 5. The van der Waals surface area contributed by atoms with Gasteiger partial charge in [-0.25, -0.2) is 0 Å². The first-order valence-electron chi connectivity index (χ1n) is 8.65. The van der Waals surface area contributed by atoms with E-state index in [0.29, 0.717) is 32.0 Å². The highest BCUT2D eigenvalue weighted by Gasteiger charge is 2.25. The van der Waals surface area contributed by atoms with Crippen LogP contribution in [0.25, 0.3) is 0 Å². The lowest BCUT2D eigenvalue weighted by molar-refractivity contribution is -0.394. The Hall–Kier alpha value is -3.05. The molecule has 1 aliphatic heterocycles. The van der Waals surface area contributed by atoms with Crippen LogP contribution in [0.3, 0.4) is 0 Å². The van der Waals surface area contributed by atoms with Gasteiger partial charge in [-0.2, -0.15) is 0 Å². The van der Waals surface area contributed by atoms with Gasteiger partial charge in [0.25, 0.3) is 17.3 Å². The van der Waals surface area contributed by atoms with E-state index < -0.39 is 27.1 Å². The fraction of sp³-hybridized carbons (Fsp3) is 0.278. The third-order valence-electron chi connectivity index (χ3n) is 4.58. The Balaban J connectivity index is 2.00. The Labute approximate surface area is 173 Å². The van der Waals surface area contributed by atoms with Gasteiger partial charge in [0.2, 0.25) is 0 Å². The summed E-state index contributed by atoms with van der Waals surface area (Å²) in [4.78, 5) is 35.9. The molecule has 1 saturated heterocycles. The molecule has 0 bridgehead atoms. The Kier molecular flexibility index (Phi) is 6.09. The largest absolute Gasteiger partial charge is 0.378 e. The standard InChI is InChI=1S/C18H17BrN4O6/c1-11-14(9-13(22(25)26)10-17(11)23(27)28)18(24)20-15-8-12(19)2-3-16(15)21-4-6-29-7-5-21/h2-3,8-10H,4-7H2,1H3,(H,20,24). The van der Waals surface area contributed by atoms with E-state index in [0.717, 1.165) is 22.3 Å². The topological polar surface area (TPSA) is 128 Å². The molecule has 0 aliphatic carbocycles. The van der Waals surface area contributed by atoms with Gasteiger partial charge in [-0.15, -0.1) is 0 Å². The molecule has 0 spiro atoms. The molecule has 2 aromatic carbocycles. The Bertz CT molecular complexity index is 991. The number of nitro benzene ring substituents is 2. The van der Waals surface area contributed by atoms with Crippen LogP contribution in [-0.4, -0.2) is 42.1 Å². The van der Waals surface area contributed by atoms with E-state index in [-0.39, 0.29) is 11.1 Å². The van der Waals surface area contributed by atoms with Crippen LogP contribution in [0.1, 0.15) is 15.9 Å². The second kappa shape index (κ2) is 8.53. The van der Waals surface area contributed by atoms with Crippen molar-refractivity contribution in [1.82, 2.24) is 0 Å². The zero-order valence-corrected chi connectivity index (χ0v) is 17.0. The number of anilines is 2. The number of morpholine rings is 1. The minimum atomic E-state index is -0.762. The molecular formula is C18H17BrN4O6. The van der Waals surface area contributed by atoms with Gasteiger partial charge >= 0.3 is 0 Å². The predicted molar refractivity (Wildman–Crippen MR) is 110 cm³/mol. The van der Waals surface area contributed by atoms with Crippen molar-refractivity contribution in [3.8, 4) is 0 Å². The quantitative estimate of drug-likeness (QED) is 0.527. The van der Waals surface area contributed by atoms with Crippen LogP contribution in [0.4, 0.5) is 22.7 Å². The number of carbonyl (C=O) groups is 1. The lowest BCUT2D eigenvalue weighted by Gasteiger charge is -2.30. The summed E-state index contributed by atoms with van der Waals surface area (Å²) in [5.74, 6) is -0.665. The SMILES string of the molecule is Cc1c(C(=O)Nc2cc(Br)ccc2N2CCOCC2)cc([N+](=O)[O-])cc1[N+](=O)[O-]. The monoisotopic (exact) mass is 464 g/mol. The second-order valence-electron chi connectivity index (χ2n) is 6.37. The molecule has 0 radical (unpaired) electrons. The van der Waals surface area contributed by atoms with Gasteiger partial charge in [0.05, 0.1) is 46.1 Å². The molecule has 1 N–H and O–H groups in total. The number of ether oxygens (including phenoxy) is 1. The van der Waals surface area contributed by atoms with E-state index in [4.69, 9.17) is 4.74 Å². The van der Waals surface area contributed by atoms with E-state index in [1.165, 1.54) is 6.92 Å². The Morgan fingerprint density at radius 3 is 2.45 bits per heavy atom. The highest BCUT2D eigenvalue weighted by atomic mass is 79.9. The van der Waals surface area contributed by atoms with Crippen LogP contribution >= 0.6 is 15.9 Å². The van der Waals surface area contributed by atoms with Gasteiger partial charge in [0, 0.05) is 29.2 Å². The summed E-state index contributed by atoms with van der Waals surface area (Å²) in [5, 5.41) is 25.2. The maximum atomic E-state index is 12.9. The van der Waals surface area contributed by atoms with Crippen LogP contribution < -0.4 is 10.2 Å². The number of nitrogens with zero attached hydrogens (tertiary/aromatic N) is 3. The van der Waals surface area contributed by atoms with Gasteiger partial charge in [-0.3, -0.25) is 25.0 Å². The molecule has 29 heavy (non-hydrogen) atoms. The molecule has 0 unspecified atom stereocenters. The van der Waals surface area contributed by atoms with E-state index in [2.05, 4.69) is 21.2 Å². The average molecular weight is 465 g/mol. The summed E-state index contributed by atoms with van der Waals surface area (Å²) in [6, 6.07) is 7.29. The number of hydrogen-bond acceptors (Lipinski definition) is 7. The van der Waals surface area contributed by atoms with Gasteiger partial charge in [-0.05, 0) is 25.1 Å². The summed E-state index contributed by atoms with van der Waals surface area (Å²) >= 11 is 3.37. The number of carbonyl (C=O) groups excluding carboxylic acids is 1. The van der Waals surface area contributed by atoms with Crippen molar-refractivity contribution in [1.29, 1.82) is 0 Å². The maximum absolute atomic E-state index is 12.9. The maximum Gasteiger partial charge on any atom is 0.279 e. The highest BCUT2D eigenvalue weighted by Crippen LogP contribution is 2.32. The zero-order chi connectivity index (χ0) is 21.1. The molecule has 1 aliphatic rings. The summed E-state index contributed by atoms with van der Waals surface area (Å²) in [5.41, 5.74) is 0.184. The first-order chi connectivity index (χ1) is 13.8. The number of non-ortho nitro benzene ring substituents is 1. The molecule has 11 heteroatoms. The van der Waals surface area contributed by atoms with Crippen molar-refractivity contribution in [2.24, 2.45) is 0 Å². The first kappa shape index (κ1) is 20.7. The summed E-state index contributed by atoms with van der Waals surface area (Å²) in [7, 11) is 0. The molecule has 1 fully saturated rings. The number of nitrogens with one attached hydrogen (secondary N) is 1. The van der Waals surface area contributed by atoms with Crippen molar-refractivity contribution in [2.75, 3.05) is 36.5 Å².